The molecule has 0 aliphatic rings. The zero-order valence-corrected chi connectivity index (χ0v) is 9.48. The van der Waals surface area contributed by atoms with Crippen LogP contribution in [-0.4, -0.2) is 21.3 Å². The van der Waals surface area contributed by atoms with Gasteiger partial charge in [0.05, 0.1) is 3.57 Å². The SMILES string of the molecule is Cc1ncc(I)c(=O)n1CCCO. The van der Waals surface area contributed by atoms with Gasteiger partial charge in [0.25, 0.3) is 5.56 Å². The molecule has 0 aliphatic heterocycles. The number of aryl methyl sites for hydroxylation is 1. The maximum absolute atomic E-state index is 11.5. The standard InChI is InChI=1S/C8H11IN2O2/c1-6-10-5-7(9)8(13)11(6)3-2-4-12/h5,12H,2-4H2,1H3. The molecule has 13 heavy (non-hydrogen) atoms. The van der Waals surface area contributed by atoms with E-state index < -0.39 is 0 Å². The Kier molecular flexibility index (Phi) is 3.86. The molecule has 0 spiro atoms. The summed E-state index contributed by atoms with van der Waals surface area (Å²) in [6.07, 6.45) is 2.15. The summed E-state index contributed by atoms with van der Waals surface area (Å²) in [7, 11) is 0. The van der Waals surface area contributed by atoms with Crippen molar-refractivity contribution in [3.8, 4) is 0 Å². The van der Waals surface area contributed by atoms with Crippen LogP contribution in [0.4, 0.5) is 0 Å². The van der Waals surface area contributed by atoms with Crippen molar-refractivity contribution >= 4 is 22.6 Å². The van der Waals surface area contributed by atoms with Gasteiger partial charge in [-0.3, -0.25) is 9.36 Å². The first-order valence-corrected chi connectivity index (χ1v) is 5.07. The minimum Gasteiger partial charge on any atom is -0.396 e. The largest absolute Gasteiger partial charge is 0.396 e. The number of aromatic nitrogens is 2. The van der Waals surface area contributed by atoms with Gasteiger partial charge in [-0.25, -0.2) is 4.98 Å². The van der Waals surface area contributed by atoms with Crippen LogP contribution in [0.2, 0.25) is 0 Å². The lowest BCUT2D eigenvalue weighted by Gasteiger charge is -2.07. The molecule has 1 aromatic heterocycles. The molecule has 0 fully saturated rings. The molecule has 1 rings (SSSR count). The van der Waals surface area contributed by atoms with Gasteiger partial charge in [-0.15, -0.1) is 0 Å². The number of hydrogen-bond acceptors (Lipinski definition) is 3. The topological polar surface area (TPSA) is 55.1 Å². The second kappa shape index (κ2) is 4.71. The van der Waals surface area contributed by atoms with Gasteiger partial charge >= 0.3 is 0 Å². The first-order chi connectivity index (χ1) is 6.16. The summed E-state index contributed by atoms with van der Waals surface area (Å²) in [4.78, 5) is 15.6. The van der Waals surface area contributed by atoms with Gasteiger partial charge in [0.15, 0.2) is 0 Å². The highest BCUT2D eigenvalue weighted by atomic mass is 127. The quantitative estimate of drug-likeness (QED) is 0.828. The fraction of sp³-hybridized carbons (Fsp3) is 0.500. The molecule has 0 radical (unpaired) electrons. The normalized spacial score (nSPS) is 10.4. The molecule has 0 aliphatic carbocycles. The zero-order chi connectivity index (χ0) is 9.84. The summed E-state index contributed by atoms with van der Waals surface area (Å²) in [5, 5.41) is 8.64. The van der Waals surface area contributed by atoms with Gasteiger partial charge in [-0.1, -0.05) is 0 Å². The van der Waals surface area contributed by atoms with Crippen molar-refractivity contribution in [3.05, 3.63) is 25.9 Å². The van der Waals surface area contributed by atoms with Crippen molar-refractivity contribution in [2.45, 2.75) is 19.9 Å². The van der Waals surface area contributed by atoms with E-state index in [1.165, 1.54) is 0 Å². The highest BCUT2D eigenvalue weighted by Gasteiger charge is 2.03. The van der Waals surface area contributed by atoms with Crippen LogP contribution in [0.3, 0.4) is 0 Å². The van der Waals surface area contributed by atoms with Crippen molar-refractivity contribution in [1.82, 2.24) is 9.55 Å². The predicted molar refractivity (Wildman–Crippen MR) is 57.7 cm³/mol. The highest BCUT2D eigenvalue weighted by Crippen LogP contribution is 1.98. The number of rotatable bonds is 3. The third-order valence-electron chi connectivity index (χ3n) is 1.74. The smallest absolute Gasteiger partial charge is 0.266 e. The van der Waals surface area contributed by atoms with Crippen molar-refractivity contribution in [2.75, 3.05) is 6.61 Å². The van der Waals surface area contributed by atoms with Gasteiger partial charge in [-0.2, -0.15) is 0 Å². The maximum Gasteiger partial charge on any atom is 0.266 e. The molecule has 4 nitrogen and oxygen atoms in total. The Labute approximate surface area is 89.8 Å². The van der Waals surface area contributed by atoms with E-state index >= 15 is 0 Å². The molecular weight excluding hydrogens is 283 g/mol. The van der Waals surface area contributed by atoms with Crippen LogP contribution in [0.15, 0.2) is 11.0 Å². The lowest BCUT2D eigenvalue weighted by atomic mass is 10.4. The molecule has 0 bridgehead atoms. The molecule has 0 amide bonds. The van der Waals surface area contributed by atoms with Gasteiger partial charge in [0.2, 0.25) is 0 Å². The molecule has 5 heteroatoms. The van der Waals surface area contributed by atoms with Crippen LogP contribution in [-0.2, 0) is 6.54 Å². The summed E-state index contributed by atoms with van der Waals surface area (Å²) < 4.78 is 2.19. The Morgan fingerprint density at radius 1 is 1.69 bits per heavy atom. The van der Waals surface area contributed by atoms with Crippen LogP contribution >= 0.6 is 22.6 Å². The molecule has 1 N–H and O–H groups in total. The summed E-state index contributed by atoms with van der Waals surface area (Å²) in [6, 6.07) is 0. The summed E-state index contributed by atoms with van der Waals surface area (Å²) in [5.74, 6) is 0.693. The van der Waals surface area contributed by atoms with Crippen LogP contribution in [0.5, 0.6) is 0 Å². The fourth-order valence-electron chi connectivity index (χ4n) is 1.04. The average Bonchev–Trinajstić information content (AvgIpc) is 2.12. The van der Waals surface area contributed by atoms with Crippen molar-refractivity contribution in [3.63, 3.8) is 0 Å². The Bertz CT molecular complexity index is 348. The number of halogens is 1. The monoisotopic (exact) mass is 294 g/mol. The Balaban J connectivity index is 3.03. The van der Waals surface area contributed by atoms with Crippen molar-refractivity contribution in [1.29, 1.82) is 0 Å². The highest BCUT2D eigenvalue weighted by molar-refractivity contribution is 14.1. The van der Waals surface area contributed by atoms with Crippen molar-refractivity contribution < 1.29 is 5.11 Å². The molecule has 72 valence electrons. The van der Waals surface area contributed by atoms with Crippen LogP contribution in [0.1, 0.15) is 12.2 Å². The zero-order valence-electron chi connectivity index (χ0n) is 7.33. The van der Waals surface area contributed by atoms with E-state index in [2.05, 4.69) is 4.98 Å². The molecule has 0 atom stereocenters. The van der Waals surface area contributed by atoms with Gasteiger partial charge < -0.3 is 5.11 Å². The first kappa shape index (κ1) is 10.6. The third-order valence-corrected chi connectivity index (χ3v) is 2.48. The molecule has 1 heterocycles. The molecule has 0 saturated carbocycles. The lowest BCUT2D eigenvalue weighted by Crippen LogP contribution is -2.25. The minimum atomic E-state index is -0.0263. The lowest BCUT2D eigenvalue weighted by molar-refractivity contribution is 0.278. The molecule has 0 saturated heterocycles. The van der Waals surface area contributed by atoms with Crippen LogP contribution < -0.4 is 5.56 Å². The number of aliphatic hydroxyl groups is 1. The fourth-order valence-corrected chi connectivity index (χ4v) is 1.47. The van der Waals surface area contributed by atoms with E-state index in [1.807, 2.05) is 22.6 Å². The van der Waals surface area contributed by atoms with Crippen molar-refractivity contribution in [2.24, 2.45) is 0 Å². The summed E-state index contributed by atoms with van der Waals surface area (Å²) in [5.41, 5.74) is -0.0263. The maximum atomic E-state index is 11.5. The minimum absolute atomic E-state index is 0.0263. The van der Waals surface area contributed by atoms with E-state index in [9.17, 15) is 4.79 Å². The second-order valence-corrected chi connectivity index (χ2v) is 3.85. The number of hydrogen-bond donors (Lipinski definition) is 1. The Hall–Kier alpha value is -0.430. The average molecular weight is 294 g/mol. The van der Waals surface area contributed by atoms with Gasteiger partial charge in [0.1, 0.15) is 5.82 Å². The number of aliphatic hydroxyl groups excluding tert-OH is 1. The predicted octanol–water partition coefficient (Wildman–Crippen LogP) is 0.539. The van der Waals surface area contributed by atoms with E-state index in [4.69, 9.17) is 5.11 Å². The second-order valence-electron chi connectivity index (χ2n) is 2.69. The molecule has 0 unspecified atom stereocenters. The van der Waals surface area contributed by atoms with E-state index in [1.54, 1.807) is 17.7 Å². The Morgan fingerprint density at radius 2 is 2.38 bits per heavy atom. The summed E-state index contributed by atoms with van der Waals surface area (Å²) >= 11 is 1.96. The van der Waals surface area contributed by atoms with Crippen LogP contribution in [0, 0.1) is 10.5 Å². The molecule has 0 aromatic carbocycles. The Morgan fingerprint density at radius 3 is 3.00 bits per heavy atom. The van der Waals surface area contributed by atoms with E-state index in [-0.39, 0.29) is 12.2 Å². The van der Waals surface area contributed by atoms with Gasteiger partial charge in [0, 0.05) is 19.3 Å². The number of nitrogens with zero attached hydrogens (tertiary/aromatic N) is 2. The van der Waals surface area contributed by atoms with E-state index in [0.29, 0.717) is 22.4 Å². The van der Waals surface area contributed by atoms with Gasteiger partial charge in [-0.05, 0) is 35.9 Å². The third kappa shape index (κ3) is 2.50. The molecular formula is C8H11IN2O2. The molecule has 1 aromatic rings. The first-order valence-electron chi connectivity index (χ1n) is 3.99. The van der Waals surface area contributed by atoms with E-state index in [0.717, 1.165) is 0 Å². The van der Waals surface area contributed by atoms with Crippen LogP contribution in [0.25, 0.3) is 0 Å². The summed E-state index contributed by atoms with van der Waals surface area (Å²) in [6.45, 7) is 2.41.